The predicted molar refractivity (Wildman–Crippen MR) is 58.3 cm³/mol. The van der Waals surface area contributed by atoms with Gasteiger partial charge in [0, 0.05) is 11.0 Å². The van der Waals surface area contributed by atoms with Gasteiger partial charge in [0.15, 0.2) is 0 Å². The number of carbonyl (C=O) groups excluding carboxylic acids is 1. The van der Waals surface area contributed by atoms with E-state index in [4.69, 9.17) is 5.11 Å². The summed E-state index contributed by atoms with van der Waals surface area (Å²) in [6, 6.07) is 5.57. The maximum Gasteiger partial charge on any atom is 0.252 e. The highest BCUT2D eigenvalue weighted by molar-refractivity contribution is 9.10. The van der Waals surface area contributed by atoms with Crippen molar-refractivity contribution >= 4 is 21.8 Å². The van der Waals surface area contributed by atoms with Crippen LogP contribution < -0.4 is 5.32 Å². The molecule has 14 heavy (non-hydrogen) atoms. The molecule has 3 nitrogen and oxygen atoms in total. The Morgan fingerprint density at radius 1 is 1.57 bits per heavy atom. The van der Waals surface area contributed by atoms with Crippen LogP contribution in [-0.2, 0) is 0 Å². The van der Waals surface area contributed by atoms with Crippen molar-refractivity contribution in [2.24, 2.45) is 0 Å². The van der Waals surface area contributed by atoms with E-state index in [-0.39, 0.29) is 19.1 Å². The number of hydrogen-bond acceptors (Lipinski definition) is 2. The number of aliphatic hydroxyl groups is 1. The fourth-order valence-electron chi connectivity index (χ4n) is 1.18. The molecule has 0 unspecified atom stereocenters. The third kappa shape index (κ3) is 2.56. The Morgan fingerprint density at radius 2 is 2.29 bits per heavy atom. The summed E-state index contributed by atoms with van der Waals surface area (Å²) in [6.07, 6.45) is 0. The predicted octanol–water partition coefficient (Wildman–Crippen LogP) is 1.48. The summed E-state index contributed by atoms with van der Waals surface area (Å²) < 4.78 is 0.771. The number of amides is 1. The SMILES string of the molecule is Cc1cccc(Br)c1C(=O)NCCO. The monoisotopic (exact) mass is 257 g/mol. The molecule has 1 aromatic rings. The van der Waals surface area contributed by atoms with E-state index in [9.17, 15) is 4.79 Å². The molecule has 0 aliphatic rings. The molecule has 0 aliphatic heterocycles. The lowest BCUT2D eigenvalue weighted by Gasteiger charge is -2.08. The molecule has 0 saturated heterocycles. The van der Waals surface area contributed by atoms with Crippen LogP contribution in [0.15, 0.2) is 22.7 Å². The van der Waals surface area contributed by atoms with Crippen LogP contribution in [0, 0.1) is 6.92 Å². The number of rotatable bonds is 3. The van der Waals surface area contributed by atoms with Gasteiger partial charge in [-0.1, -0.05) is 12.1 Å². The number of halogens is 1. The van der Waals surface area contributed by atoms with Crippen LogP contribution in [0.2, 0.25) is 0 Å². The molecule has 76 valence electrons. The minimum atomic E-state index is -0.163. The molecule has 0 saturated carbocycles. The van der Waals surface area contributed by atoms with Crippen LogP contribution >= 0.6 is 15.9 Å². The molecule has 4 heteroatoms. The number of hydrogen-bond donors (Lipinski definition) is 2. The maximum absolute atomic E-state index is 11.6. The Hall–Kier alpha value is -0.870. The minimum Gasteiger partial charge on any atom is -0.395 e. The van der Waals surface area contributed by atoms with Crippen LogP contribution in [0.1, 0.15) is 15.9 Å². The average Bonchev–Trinajstić information content (AvgIpc) is 2.14. The van der Waals surface area contributed by atoms with Crippen LogP contribution in [0.5, 0.6) is 0 Å². The summed E-state index contributed by atoms with van der Waals surface area (Å²) in [5, 5.41) is 11.2. The van der Waals surface area contributed by atoms with Gasteiger partial charge in [-0.15, -0.1) is 0 Å². The Labute approximate surface area is 91.3 Å². The molecule has 1 rings (SSSR count). The summed E-state index contributed by atoms with van der Waals surface area (Å²) in [7, 11) is 0. The van der Waals surface area contributed by atoms with Crippen molar-refractivity contribution in [3.05, 3.63) is 33.8 Å². The first-order chi connectivity index (χ1) is 6.66. The van der Waals surface area contributed by atoms with E-state index in [0.717, 1.165) is 10.0 Å². The van der Waals surface area contributed by atoms with Crippen molar-refractivity contribution in [1.82, 2.24) is 5.32 Å². The van der Waals surface area contributed by atoms with Crippen molar-refractivity contribution in [3.8, 4) is 0 Å². The van der Waals surface area contributed by atoms with Gasteiger partial charge in [0.2, 0.25) is 0 Å². The van der Waals surface area contributed by atoms with Gasteiger partial charge in [-0.3, -0.25) is 4.79 Å². The van der Waals surface area contributed by atoms with E-state index in [1.165, 1.54) is 0 Å². The Bertz CT molecular complexity index is 319. The molecule has 0 bridgehead atoms. The third-order valence-electron chi connectivity index (χ3n) is 1.85. The quantitative estimate of drug-likeness (QED) is 0.862. The van der Waals surface area contributed by atoms with E-state index in [0.29, 0.717) is 5.56 Å². The number of nitrogens with one attached hydrogen (secondary N) is 1. The summed E-state index contributed by atoms with van der Waals surface area (Å²) in [5.74, 6) is -0.163. The zero-order chi connectivity index (χ0) is 10.6. The van der Waals surface area contributed by atoms with Crippen LogP contribution in [-0.4, -0.2) is 24.2 Å². The molecule has 0 aromatic heterocycles. The molecule has 1 amide bonds. The second kappa shape index (κ2) is 5.12. The number of aliphatic hydroxyl groups excluding tert-OH is 1. The minimum absolute atomic E-state index is 0.0464. The van der Waals surface area contributed by atoms with Gasteiger partial charge < -0.3 is 10.4 Å². The van der Waals surface area contributed by atoms with E-state index in [1.54, 1.807) is 0 Å². The normalized spacial score (nSPS) is 9.93. The van der Waals surface area contributed by atoms with Gasteiger partial charge in [-0.25, -0.2) is 0 Å². The summed E-state index contributed by atoms with van der Waals surface area (Å²) >= 11 is 3.32. The molecule has 1 aromatic carbocycles. The molecule has 0 radical (unpaired) electrons. The number of aryl methyl sites for hydroxylation is 1. The van der Waals surface area contributed by atoms with Crippen molar-refractivity contribution in [1.29, 1.82) is 0 Å². The van der Waals surface area contributed by atoms with Gasteiger partial charge in [0.25, 0.3) is 5.91 Å². The second-order valence-electron chi connectivity index (χ2n) is 2.91. The first-order valence-corrected chi connectivity index (χ1v) is 5.10. The molecule has 0 spiro atoms. The topological polar surface area (TPSA) is 49.3 Å². The largest absolute Gasteiger partial charge is 0.395 e. The van der Waals surface area contributed by atoms with E-state index in [1.807, 2.05) is 25.1 Å². The van der Waals surface area contributed by atoms with Crippen molar-refractivity contribution < 1.29 is 9.90 Å². The average molecular weight is 258 g/mol. The van der Waals surface area contributed by atoms with Crippen LogP contribution in [0.4, 0.5) is 0 Å². The summed E-state index contributed by atoms with van der Waals surface area (Å²) in [6.45, 7) is 2.10. The van der Waals surface area contributed by atoms with E-state index in [2.05, 4.69) is 21.2 Å². The maximum atomic E-state index is 11.6. The first-order valence-electron chi connectivity index (χ1n) is 4.31. The molecule has 0 atom stereocenters. The molecule has 0 aliphatic carbocycles. The second-order valence-corrected chi connectivity index (χ2v) is 3.77. The van der Waals surface area contributed by atoms with E-state index >= 15 is 0 Å². The Balaban J connectivity index is 2.89. The fraction of sp³-hybridized carbons (Fsp3) is 0.300. The number of benzene rings is 1. The van der Waals surface area contributed by atoms with Gasteiger partial charge in [-0.2, -0.15) is 0 Å². The molecular formula is C10H12BrNO2. The number of carbonyl (C=O) groups is 1. The standard InChI is InChI=1S/C10H12BrNO2/c1-7-3-2-4-8(11)9(7)10(14)12-5-6-13/h2-4,13H,5-6H2,1H3,(H,12,14). The lowest BCUT2D eigenvalue weighted by molar-refractivity contribution is 0.0943. The highest BCUT2D eigenvalue weighted by atomic mass is 79.9. The highest BCUT2D eigenvalue weighted by Gasteiger charge is 2.11. The van der Waals surface area contributed by atoms with Gasteiger partial charge in [0.05, 0.1) is 12.2 Å². The summed E-state index contributed by atoms with van der Waals surface area (Å²) in [5.41, 5.74) is 1.54. The van der Waals surface area contributed by atoms with E-state index < -0.39 is 0 Å². The third-order valence-corrected chi connectivity index (χ3v) is 2.51. The van der Waals surface area contributed by atoms with Gasteiger partial charge >= 0.3 is 0 Å². The fourth-order valence-corrected chi connectivity index (χ4v) is 1.82. The van der Waals surface area contributed by atoms with Crippen molar-refractivity contribution in [3.63, 3.8) is 0 Å². The Kier molecular flexibility index (Phi) is 4.10. The van der Waals surface area contributed by atoms with Gasteiger partial charge in [0.1, 0.15) is 0 Å². The summed E-state index contributed by atoms with van der Waals surface area (Å²) in [4.78, 5) is 11.6. The van der Waals surface area contributed by atoms with Crippen LogP contribution in [0.3, 0.4) is 0 Å². The Morgan fingerprint density at radius 3 is 2.86 bits per heavy atom. The highest BCUT2D eigenvalue weighted by Crippen LogP contribution is 2.19. The molecule has 0 heterocycles. The van der Waals surface area contributed by atoms with Crippen LogP contribution in [0.25, 0.3) is 0 Å². The zero-order valence-corrected chi connectivity index (χ0v) is 9.47. The lowest BCUT2D eigenvalue weighted by atomic mass is 10.1. The lowest BCUT2D eigenvalue weighted by Crippen LogP contribution is -2.27. The zero-order valence-electron chi connectivity index (χ0n) is 7.88. The first kappa shape index (κ1) is 11.2. The van der Waals surface area contributed by atoms with Crippen molar-refractivity contribution in [2.75, 3.05) is 13.2 Å². The molecule has 2 N–H and O–H groups in total. The van der Waals surface area contributed by atoms with Crippen molar-refractivity contribution in [2.45, 2.75) is 6.92 Å². The smallest absolute Gasteiger partial charge is 0.252 e. The molecule has 0 fully saturated rings. The molecular weight excluding hydrogens is 246 g/mol. The van der Waals surface area contributed by atoms with Gasteiger partial charge in [-0.05, 0) is 34.5 Å².